The molecule has 0 saturated heterocycles. The fourth-order valence-electron chi connectivity index (χ4n) is 2.71. The van der Waals surface area contributed by atoms with Gasteiger partial charge in [0.25, 0.3) is 0 Å². The van der Waals surface area contributed by atoms with E-state index in [1.807, 2.05) is 61.5 Å². The molecule has 0 atom stereocenters. The number of fused-ring (bicyclic) bond motifs is 1. The Labute approximate surface area is 143 Å². The minimum atomic E-state index is -0.492. The van der Waals surface area contributed by atoms with E-state index in [2.05, 4.69) is 15.1 Å². The minimum Gasteiger partial charge on any atom is -0.402 e. The average molecular weight is 333 g/mol. The fourth-order valence-corrected chi connectivity index (χ4v) is 2.71. The number of imidazole rings is 1. The van der Waals surface area contributed by atoms with E-state index < -0.39 is 5.97 Å². The second kappa shape index (κ2) is 5.86. The third-order valence-corrected chi connectivity index (χ3v) is 3.81. The molecule has 0 bridgehead atoms. The summed E-state index contributed by atoms with van der Waals surface area (Å²) in [6, 6.07) is 13.0. The molecule has 3 aromatic rings. The first-order valence-corrected chi connectivity index (χ1v) is 7.72. The highest BCUT2D eigenvalue weighted by atomic mass is 16.6. The van der Waals surface area contributed by atoms with Gasteiger partial charge in [-0.2, -0.15) is 5.10 Å². The number of cyclic esters (lactones) is 1. The van der Waals surface area contributed by atoms with E-state index in [0.29, 0.717) is 22.9 Å². The van der Waals surface area contributed by atoms with Crippen LogP contribution in [-0.2, 0) is 9.53 Å². The number of aromatic nitrogens is 3. The van der Waals surface area contributed by atoms with Gasteiger partial charge < -0.3 is 9.64 Å². The van der Waals surface area contributed by atoms with Crippen LogP contribution in [0.4, 0.5) is 0 Å². The highest BCUT2D eigenvalue weighted by Gasteiger charge is 2.30. The number of hydrogen-bond acceptors (Lipinski definition) is 6. The molecule has 7 heteroatoms. The predicted octanol–water partition coefficient (Wildman–Crippen LogP) is 1.96. The molecule has 0 radical (unpaired) electrons. The highest BCUT2D eigenvalue weighted by Crippen LogP contribution is 2.27. The monoisotopic (exact) mass is 333 g/mol. The van der Waals surface area contributed by atoms with Gasteiger partial charge in [-0.05, 0) is 24.3 Å². The van der Waals surface area contributed by atoms with Gasteiger partial charge in [0.05, 0.1) is 11.9 Å². The van der Waals surface area contributed by atoms with Crippen molar-refractivity contribution in [2.24, 2.45) is 4.99 Å². The van der Waals surface area contributed by atoms with Crippen LogP contribution >= 0.6 is 0 Å². The van der Waals surface area contributed by atoms with Crippen LogP contribution in [0.1, 0.15) is 11.3 Å². The predicted molar refractivity (Wildman–Crippen MR) is 92.7 cm³/mol. The van der Waals surface area contributed by atoms with E-state index in [4.69, 9.17) is 4.74 Å². The van der Waals surface area contributed by atoms with Crippen molar-refractivity contribution in [3.63, 3.8) is 0 Å². The summed E-state index contributed by atoms with van der Waals surface area (Å²) in [4.78, 5) is 23.0. The van der Waals surface area contributed by atoms with Crippen LogP contribution in [0.25, 0.3) is 11.3 Å². The molecule has 0 amide bonds. The van der Waals surface area contributed by atoms with Crippen molar-refractivity contribution >= 4 is 23.2 Å². The molecule has 25 heavy (non-hydrogen) atoms. The Hall–Kier alpha value is -3.48. The van der Waals surface area contributed by atoms with Gasteiger partial charge >= 0.3 is 5.97 Å². The van der Waals surface area contributed by atoms with Crippen LogP contribution in [0.3, 0.4) is 0 Å². The SMILES string of the molecule is CN(C)/C(=C1\N=C(c2ccccc2)OC1=O)c1cnc2cccnn12. The molecule has 0 unspecified atom stereocenters. The van der Waals surface area contributed by atoms with Crippen LogP contribution < -0.4 is 0 Å². The molecule has 1 aliphatic heterocycles. The van der Waals surface area contributed by atoms with Crippen molar-refractivity contribution in [1.29, 1.82) is 0 Å². The third kappa shape index (κ3) is 2.55. The summed E-state index contributed by atoms with van der Waals surface area (Å²) in [6.07, 6.45) is 3.34. The Morgan fingerprint density at radius 3 is 2.68 bits per heavy atom. The number of esters is 1. The Morgan fingerprint density at radius 1 is 1.12 bits per heavy atom. The van der Waals surface area contributed by atoms with Gasteiger partial charge in [0.1, 0.15) is 5.69 Å². The van der Waals surface area contributed by atoms with E-state index in [-0.39, 0.29) is 5.70 Å². The second-order valence-electron chi connectivity index (χ2n) is 5.70. The molecular weight excluding hydrogens is 318 g/mol. The van der Waals surface area contributed by atoms with Crippen molar-refractivity contribution in [3.05, 3.63) is 71.8 Å². The second-order valence-corrected chi connectivity index (χ2v) is 5.70. The van der Waals surface area contributed by atoms with Crippen LogP contribution in [-0.4, -0.2) is 45.5 Å². The summed E-state index contributed by atoms with van der Waals surface area (Å²) in [5.41, 5.74) is 2.94. The number of carbonyl (C=O) groups is 1. The third-order valence-electron chi connectivity index (χ3n) is 3.81. The zero-order valence-electron chi connectivity index (χ0n) is 13.7. The van der Waals surface area contributed by atoms with E-state index in [9.17, 15) is 4.79 Å². The Morgan fingerprint density at radius 2 is 1.92 bits per heavy atom. The largest absolute Gasteiger partial charge is 0.402 e. The Balaban J connectivity index is 1.90. The molecule has 124 valence electrons. The lowest BCUT2D eigenvalue weighted by Gasteiger charge is -2.16. The molecule has 1 aromatic carbocycles. The summed E-state index contributed by atoms with van der Waals surface area (Å²) in [6.45, 7) is 0. The lowest BCUT2D eigenvalue weighted by molar-refractivity contribution is -0.130. The van der Waals surface area contributed by atoms with Gasteiger partial charge in [-0.25, -0.2) is 19.3 Å². The highest BCUT2D eigenvalue weighted by molar-refractivity contribution is 6.13. The molecule has 0 spiro atoms. The van der Waals surface area contributed by atoms with Crippen molar-refractivity contribution in [2.45, 2.75) is 0 Å². The molecule has 2 aromatic heterocycles. The zero-order chi connectivity index (χ0) is 17.4. The van der Waals surface area contributed by atoms with Crippen molar-refractivity contribution in [3.8, 4) is 0 Å². The van der Waals surface area contributed by atoms with Gasteiger partial charge in [0.2, 0.25) is 5.90 Å². The normalized spacial score (nSPS) is 15.9. The van der Waals surface area contributed by atoms with Gasteiger partial charge in [-0.3, -0.25) is 0 Å². The van der Waals surface area contributed by atoms with Crippen LogP contribution in [0.5, 0.6) is 0 Å². The minimum absolute atomic E-state index is 0.233. The Bertz CT molecular complexity index is 1020. The maximum absolute atomic E-state index is 12.5. The molecule has 7 nitrogen and oxygen atoms in total. The molecule has 0 aliphatic carbocycles. The summed E-state index contributed by atoms with van der Waals surface area (Å²) < 4.78 is 7.05. The first-order chi connectivity index (χ1) is 12.1. The number of hydrogen-bond donors (Lipinski definition) is 0. The first-order valence-electron chi connectivity index (χ1n) is 7.72. The standard InChI is InChI=1S/C18H15N5O2/c1-22(2)16(13-11-19-14-9-6-10-20-23(13)14)15-18(24)25-17(21-15)12-7-4-3-5-8-12/h3-11H,1-2H3/b16-15-. The molecule has 0 saturated carbocycles. The number of ether oxygens (including phenoxy) is 1. The smallest absolute Gasteiger partial charge is 0.366 e. The molecule has 4 rings (SSSR count). The van der Waals surface area contributed by atoms with Crippen molar-refractivity contribution in [1.82, 2.24) is 19.5 Å². The van der Waals surface area contributed by atoms with Gasteiger partial charge in [0.15, 0.2) is 11.3 Å². The van der Waals surface area contributed by atoms with Gasteiger partial charge in [-0.1, -0.05) is 18.2 Å². The van der Waals surface area contributed by atoms with Gasteiger partial charge in [-0.15, -0.1) is 0 Å². The summed E-state index contributed by atoms with van der Waals surface area (Å²) in [5.74, 6) is -0.199. The maximum Gasteiger partial charge on any atom is 0.366 e. The van der Waals surface area contributed by atoms with E-state index in [0.717, 1.165) is 5.56 Å². The van der Waals surface area contributed by atoms with Crippen LogP contribution in [0.15, 0.2) is 65.5 Å². The zero-order valence-corrected chi connectivity index (χ0v) is 13.7. The lowest BCUT2D eigenvalue weighted by Crippen LogP contribution is -2.16. The average Bonchev–Trinajstić information content (AvgIpc) is 3.21. The summed E-state index contributed by atoms with van der Waals surface area (Å²) in [5, 5.41) is 4.31. The maximum atomic E-state index is 12.5. The number of rotatable bonds is 3. The molecule has 3 heterocycles. The topological polar surface area (TPSA) is 72.1 Å². The van der Waals surface area contributed by atoms with E-state index in [1.165, 1.54) is 0 Å². The number of nitrogens with zero attached hydrogens (tertiary/aromatic N) is 5. The lowest BCUT2D eigenvalue weighted by atomic mass is 10.2. The van der Waals surface area contributed by atoms with Crippen LogP contribution in [0, 0.1) is 0 Å². The van der Waals surface area contributed by atoms with Crippen molar-refractivity contribution in [2.75, 3.05) is 14.1 Å². The van der Waals surface area contributed by atoms with Crippen LogP contribution in [0.2, 0.25) is 0 Å². The Kier molecular flexibility index (Phi) is 3.53. The van der Waals surface area contributed by atoms with Crippen molar-refractivity contribution < 1.29 is 9.53 Å². The molecule has 1 aliphatic rings. The summed E-state index contributed by atoms with van der Waals surface area (Å²) >= 11 is 0. The summed E-state index contributed by atoms with van der Waals surface area (Å²) in [7, 11) is 3.68. The van der Waals surface area contributed by atoms with E-state index >= 15 is 0 Å². The van der Waals surface area contributed by atoms with Gasteiger partial charge in [0, 0.05) is 25.9 Å². The fraction of sp³-hybridized carbons (Fsp3) is 0.111. The number of carbonyl (C=O) groups excluding carboxylic acids is 1. The quantitative estimate of drug-likeness (QED) is 0.541. The molecular formula is C18H15N5O2. The first kappa shape index (κ1) is 15.1. The molecule has 0 fully saturated rings. The van der Waals surface area contributed by atoms with E-state index in [1.54, 1.807) is 16.9 Å². The number of benzene rings is 1. The molecule has 0 N–H and O–H groups in total. The number of aliphatic imine (C=N–C) groups is 1.